The molecule has 0 atom stereocenters. The predicted molar refractivity (Wildman–Crippen MR) is 152 cm³/mol. The second-order valence-electron chi connectivity index (χ2n) is 11.1. The van der Waals surface area contributed by atoms with Gasteiger partial charge in [-0.15, -0.1) is 0 Å². The second-order valence-corrected chi connectivity index (χ2v) is 11.1. The highest BCUT2D eigenvalue weighted by Gasteiger charge is 2.25. The van der Waals surface area contributed by atoms with Gasteiger partial charge in [-0.3, -0.25) is 0 Å². The van der Waals surface area contributed by atoms with Gasteiger partial charge in [0.05, 0.1) is 12.2 Å². The van der Waals surface area contributed by atoms with Crippen molar-refractivity contribution in [2.75, 3.05) is 6.61 Å². The van der Waals surface area contributed by atoms with Gasteiger partial charge in [0.15, 0.2) is 23.2 Å². The molecule has 3 aromatic rings. The molecular weight excluding hydrogens is 532 g/mol. The van der Waals surface area contributed by atoms with Crippen LogP contribution in [0.4, 0.5) is 17.6 Å². The number of carbonyl (C=O) groups is 1. The molecule has 0 saturated heterocycles. The molecule has 7 heteroatoms. The topological polar surface area (TPSA) is 35.5 Å². The minimum absolute atomic E-state index is 0.0164. The molecule has 0 spiro atoms. The standard InChI is InChI=1S/C34H38F4O3/c1-3-4-5-6-7-8-21-40-29-20-19-28(32(37)33(29)38)34(39)41-25-15-13-24(14-16-25)27-18-17-26(30(35)31(27)36)23-11-9-22(2)10-12-23/h13-20,22-23H,3-12,21H2,1-2H3. The van der Waals surface area contributed by atoms with E-state index >= 15 is 4.39 Å². The van der Waals surface area contributed by atoms with Gasteiger partial charge in [0, 0.05) is 5.56 Å². The summed E-state index contributed by atoms with van der Waals surface area (Å²) in [7, 11) is 0. The molecule has 3 nitrogen and oxygen atoms in total. The minimum Gasteiger partial charge on any atom is -0.490 e. The lowest BCUT2D eigenvalue weighted by Gasteiger charge is -2.27. The van der Waals surface area contributed by atoms with Crippen LogP contribution in [0.5, 0.6) is 11.5 Å². The average Bonchev–Trinajstić information content (AvgIpc) is 2.97. The lowest BCUT2D eigenvalue weighted by Crippen LogP contribution is -2.13. The van der Waals surface area contributed by atoms with Crippen molar-refractivity contribution in [2.45, 2.75) is 84.0 Å². The molecule has 1 aliphatic rings. The zero-order chi connectivity index (χ0) is 29.4. The van der Waals surface area contributed by atoms with E-state index in [0.29, 0.717) is 17.0 Å². The number of hydrogen-bond donors (Lipinski definition) is 0. The normalized spacial score (nSPS) is 16.9. The molecule has 0 radical (unpaired) electrons. The second kappa shape index (κ2) is 14.5. The number of unbranched alkanes of at least 4 members (excludes halogenated alkanes) is 5. The van der Waals surface area contributed by atoms with E-state index < -0.39 is 34.8 Å². The molecular formula is C34H38F4O3. The van der Waals surface area contributed by atoms with Crippen molar-refractivity contribution in [3.8, 4) is 22.6 Å². The van der Waals surface area contributed by atoms with Gasteiger partial charge >= 0.3 is 5.97 Å². The SMILES string of the molecule is CCCCCCCCOc1ccc(C(=O)Oc2ccc(-c3ccc(C4CCC(C)CC4)c(F)c3F)cc2)c(F)c1F. The first-order chi connectivity index (χ1) is 19.8. The third-order valence-electron chi connectivity index (χ3n) is 7.97. The molecule has 0 bridgehead atoms. The Morgan fingerprint density at radius 1 is 0.756 bits per heavy atom. The zero-order valence-electron chi connectivity index (χ0n) is 23.8. The fourth-order valence-corrected chi connectivity index (χ4v) is 5.40. The van der Waals surface area contributed by atoms with Gasteiger partial charge in [-0.2, -0.15) is 4.39 Å². The molecule has 220 valence electrons. The van der Waals surface area contributed by atoms with Crippen molar-refractivity contribution >= 4 is 5.97 Å². The smallest absolute Gasteiger partial charge is 0.346 e. The molecule has 0 aromatic heterocycles. The van der Waals surface area contributed by atoms with Crippen LogP contribution in [0.25, 0.3) is 11.1 Å². The Hall–Kier alpha value is -3.35. The van der Waals surface area contributed by atoms with E-state index in [1.165, 1.54) is 36.8 Å². The first kappa shape index (κ1) is 30.6. The molecule has 1 fully saturated rings. The van der Waals surface area contributed by atoms with Gasteiger partial charge in [0.2, 0.25) is 5.82 Å². The van der Waals surface area contributed by atoms with Crippen LogP contribution >= 0.6 is 0 Å². The van der Waals surface area contributed by atoms with Gasteiger partial charge in [-0.1, -0.05) is 83.1 Å². The Labute approximate surface area is 239 Å². The lowest BCUT2D eigenvalue weighted by atomic mass is 9.79. The van der Waals surface area contributed by atoms with Crippen LogP contribution in [0.3, 0.4) is 0 Å². The number of hydrogen-bond acceptors (Lipinski definition) is 3. The van der Waals surface area contributed by atoms with Gasteiger partial charge in [0.25, 0.3) is 0 Å². The summed E-state index contributed by atoms with van der Waals surface area (Å²) in [6, 6.07) is 11.3. The summed E-state index contributed by atoms with van der Waals surface area (Å²) in [5.74, 6) is -5.00. The van der Waals surface area contributed by atoms with Gasteiger partial charge < -0.3 is 9.47 Å². The maximum atomic E-state index is 15.0. The number of rotatable bonds is 12. The van der Waals surface area contributed by atoms with E-state index in [0.717, 1.165) is 63.9 Å². The van der Waals surface area contributed by atoms with Crippen LogP contribution < -0.4 is 9.47 Å². The maximum absolute atomic E-state index is 15.0. The third-order valence-corrected chi connectivity index (χ3v) is 7.97. The number of halogens is 4. The highest BCUT2D eigenvalue weighted by atomic mass is 19.2. The van der Waals surface area contributed by atoms with E-state index in [1.54, 1.807) is 12.1 Å². The Morgan fingerprint density at radius 3 is 2.15 bits per heavy atom. The van der Waals surface area contributed by atoms with Crippen LogP contribution in [0, 0.1) is 29.2 Å². The number of benzene rings is 3. The largest absolute Gasteiger partial charge is 0.490 e. The molecule has 4 rings (SSSR count). The Balaban J connectivity index is 1.37. The maximum Gasteiger partial charge on any atom is 0.346 e. The minimum atomic E-state index is -1.35. The third kappa shape index (κ3) is 7.69. The Kier molecular flexibility index (Phi) is 10.8. The highest BCUT2D eigenvalue weighted by molar-refractivity contribution is 5.91. The van der Waals surface area contributed by atoms with Crippen LogP contribution in [0.1, 0.15) is 99.9 Å². The lowest BCUT2D eigenvalue weighted by molar-refractivity contribution is 0.0728. The van der Waals surface area contributed by atoms with Crippen LogP contribution in [0.15, 0.2) is 48.5 Å². The van der Waals surface area contributed by atoms with Crippen LogP contribution in [-0.2, 0) is 0 Å². The summed E-state index contributed by atoms with van der Waals surface area (Å²) < 4.78 is 69.8. The van der Waals surface area contributed by atoms with Crippen molar-refractivity contribution in [1.29, 1.82) is 0 Å². The van der Waals surface area contributed by atoms with Gasteiger partial charge in [0.1, 0.15) is 5.75 Å². The van der Waals surface area contributed by atoms with Crippen molar-refractivity contribution in [3.63, 3.8) is 0 Å². The van der Waals surface area contributed by atoms with Crippen molar-refractivity contribution in [3.05, 3.63) is 82.9 Å². The molecule has 1 aliphatic carbocycles. The number of ether oxygens (including phenoxy) is 2. The molecule has 0 amide bonds. The van der Waals surface area contributed by atoms with Crippen molar-refractivity contribution < 1.29 is 31.8 Å². The zero-order valence-corrected chi connectivity index (χ0v) is 23.8. The van der Waals surface area contributed by atoms with Crippen molar-refractivity contribution in [2.24, 2.45) is 5.92 Å². The van der Waals surface area contributed by atoms with Crippen LogP contribution in [0.2, 0.25) is 0 Å². The quantitative estimate of drug-likeness (QED) is 0.0941. The fraction of sp³-hybridized carbons (Fsp3) is 0.441. The molecule has 0 unspecified atom stereocenters. The van der Waals surface area contributed by atoms with Crippen LogP contribution in [-0.4, -0.2) is 12.6 Å². The van der Waals surface area contributed by atoms with Gasteiger partial charge in [-0.05, 0) is 66.5 Å². The number of carbonyl (C=O) groups excluding carboxylic acids is 1. The molecule has 0 N–H and O–H groups in total. The Morgan fingerprint density at radius 2 is 1.44 bits per heavy atom. The summed E-state index contributed by atoms with van der Waals surface area (Å²) >= 11 is 0. The highest BCUT2D eigenvalue weighted by Crippen LogP contribution is 2.39. The van der Waals surface area contributed by atoms with E-state index in [9.17, 15) is 18.0 Å². The summed E-state index contributed by atoms with van der Waals surface area (Å²) in [6.07, 6.45) is 9.89. The van der Waals surface area contributed by atoms with E-state index in [-0.39, 0.29) is 29.6 Å². The van der Waals surface area contributed by atoms with E-state index in [2.05, 4.69) is 13.8 Å². The summed E-state index contributed by atoms with van der Waals surface area (Å²) in [6.45, 7) is 4.57. The first-order valence-electron chi connectivity index (χ1n) is 14.7. The molecule has 41 heavy (non-hydrogen) atoms. The summed E-state index contributed by atoms with van der Waals surface area (Å²) in [5, 5.41) is 0. The molecule has 0 heterocycles. The Bertz CT molecular complexity index is 1310. The predicted octanol–water partition coefficient (Wildman–Crippen LogP) is 10.2. The molecule has 1 saturated carbocycles. The first-order valence-corrected chi connectivity index (χ1v) is 14.7. The monoisotopic (exact) mass is 570 g/mol. The molecule has 0 aliphatic heterocycles. The number of esters is 1. The summed E-state index contributed by atoms with van der Waals surface area (Å²) in [4.78, 5) is 12.6. The fourth-order valence-electron chi connectivity index (χ4n) is 5.40. The molecule has 3 aromatic carbocycles. The summed E-state index contributed by atoms with van der Waals surface area (Å²) in [5.41, 5.74) is 0.336. The van der Waals surface area contributed by atoms with E-state index in [1.807, 2.05) is 0 Å². The van der Waals surface area contributed by atoms with E-state index in [4.69, 9.17) is 9.47 Å². The average molecular weight is 571 g/mol. The van der Waals surface area contributed by atoms with Gasteiger partial charge in [-0.25, -0.2) is 18.0 Å². The van der Waals surface area contributed by atoms with Crippen molar-refractivity contribution in [1.82, 2.24) is 0 Å².